The monoisotopic (exact) mass is 350 g/mol. The summed E-state index contributed by atoms with van der Waals surface area (Å²) in [4.78, 5) is 45.7. The quantitative estimate of drug-likeness (QED) is 0.607. The zero-order valence-electron chi connectivity index (χ0n) is 16.3. The molecule has 1 aromatic rings. The molecular weight excluding hydrogens is 320 g/mol. The van der Waals surface area contributed by atoms with Gasteiger partial charge < -0.3 is 4.90 Å². The molecule has 25 heavy (non-hydrogen) atoms. The maximum absolute atomic E-state index is 11.5. The van der Waals surface area contributed by atoms with Crippen molar-refractivity contribution in [1.29, 1.82) is 0 Å². The summed E-state index contributed by atoms with van der Waals surface area (Å²) in [7, 11) is 4.82. The molecule has 1 aliphatic heterocycles. The van der Waals surface area contributed by atoms with Gasteiger partial charge in [-0.1, -0.05) is 45.9 Å². The maximum Gasteiger partial charge on any atom is 0.254 e. The Morgan fingerprint density at radius 2 is 1.44 bits per heavy atom. The molecule has 0 atom stereocenters. The van der Waals surface area contributed by atoms with Crippen molar-refractivity contribution in [1.82, 2.24) is 9.80 Å². The number of nitrogens with zero attached hydrogens (tertiary/aromatic N) is 2. The number of hydrogen-bond donors (Lipinski definition) is 0. The van der Waals surface area contributed by atoms with Gasteiger partial charge in [-0.15, -0.1) is 0 Å². The fraction of sp³-hybridized carbons (Fsp3) is 0.474. The van der Waals surface area contributed by atoms with Crippen LogP contribution in [-0.2, 0) is 9.59 Å². The lowest BCUT2D eigenvalue weighted by Gasteiger charge is -2.11. The van der Waals surface area contributed by atoms with Crippen LogP contribution in [0.15, 0.2) is 24.3 Å². The van der Waals surface area contributed by atoms with E-state index in [0.717, 1.165) is 0 Å². The smallest absolute Gasteiger partial charge is 0.254 e. The fourth-order valence-corrected chi connectivity index (χ4v) is 1.72. The molecule has 1 aliphatic rings. The first-order valence-corrected chi connectivity index (χ1v) is 8.43. The van der Waals surface area contributed by atoms with Crippen LogP contribution in [0.3, 0.4) is 0 Å². The van der Waals surface area contributed by atoms with Gasteiger partial charge in [0.25, 0.3) is 5.91 Å². The van der Waals surface area contributed by atoms with E-state index in [4.69, 9.17) is 0 Å². The van der Waals surface area contributed by atoms with E-state index >= 15 is 0 Å². The van der Waals surface area contributed by atoms with Crippen molar-refractivity contribution in [2.75, 3.05) is 21.1 Å². The second-order valence-electron chi connectivity index (χ2n) is 4.75. The Labute approximate surface area is 150 Å². The molecule has 2 rings (SSSR count). The van der Waals surface area contributed by atoms with Gasteiger partial charge in [0.2, 0.25) is 11.8 Å². The van der Waals surface area contributed by atoms with Gasteiger partial charge in [-0.2, -0.15) is 0 Å². The lowest BCUT2D eigenvalue weighted by atomic mass is 10.1. The topological polar surface area (TPSA) is 74.8 Å². The van der Waals surface area contributed by atoms with Crippen molar-refractivity contribution in [2.45, 2.75) is 40.5 Å². The number of amides is 3. The lowest BCUT2D eigenvalue weighted by Crippen LogP contribution is -2.23. The Bertz CT molecular complexity index is 552. The Morgan fingerprint density at radius 1 is 1.00 bits per heavy atom. The van der Waals surface area contributed by atoms with Gasteiger partial charge in [0.1, 0.15) is 0 Å². The third-order valence-electron chi connectivity index (χ3n) is 3.03. The van der Waals surface area contributed by atoms with E-state index in [1.807, 2.05) is 27.7 Å². The number of carbonyl (C=O) groups is 4. The zero-order chi connectivity index (χ0) is 20.0. The molecule has 0 aromatic heterocycles. The summed E-state index contributed by atoms with van der Waals surface area (Å²) < 4.78 is 0. The van der Waals surface area contributed by atoms with Crippen molar-refractivity contribution in [2.24, 2.45) is 0 Å². The number of imide groups is 1. The van der Waals surface area contributed by atoms with Gasteiger partial charge in [-0.05, 0) is 6.07 Å². The second-order valence-corrected chi connectivity index (χ2v) is 4.75. The average Bonchev–Trinajstić information content (AvgIpc) is 2.95. The summed E-state index contributed by atoms with van der Waals surface area (Å²) in [5.41, 5.74) is 0.878. The fourth-order valence-electron chi connectivity index (χ4n) is 1.72. The van der Waals surface area contributed by atoms with E-state index in [0.29, 0.717) is 30.3 Å². The summed E-state index contributed by atoms with van der Waals surface area (Å²) in [5, 5.41) is 0. The summed E-state index contributed by atoms with van der Waals surface area (Å²) >= 11 is 0. The Kier molecular flexibility index (Phi) is 13.8. The summed E-state index contributed by atoms with van der Waals surface area (Å²) in [6, 6.07) is 6.75. The van der Waals surface area contributed by atoms with Crippen LogP contribution >= 0.6 is 0 Å². The molecule has 1 saturated heterocycles. The normalized spacial score (nSPS) is 11.9. The number of rotatable bonds is 2. The molecular formula is C19H30N2O4. The molecule has 6 nitrogen and oxygen atoms in total. The van der Waals surface area contributed by atoms with Crippen molar-refractivity contribution in [3.05, 3.63) is 35.4 Å². The number of carbonyl (C=O) groups excluding carboxylic acids is 4. The van der Waals surface area contributed by atoms with Gasteiger partial charge in [0.15, 0.2) is 6.29 Å². The van der Waals surface area contributed by atoms with Crippen LogP contribution in [0.2, 0.25) is 0 Å². The average molecular weight is 350 g/mol. The highest BCUT2D eigenvalue weighted by Gasteiger charge is 2.24. The predicted molar refractivity (Wildman–Crippen MR) is 99.6 cm³/mol. The third-order valence-corrected chi connectivity index (χ3v) is 3.03. The molecule has 0 N–H and O–H groups in total. The van der Waals surface area contributed by atoms with Gasteiger partial charge in [0.05, 0.1) is 5.56 Å². The van der Waals surface area contributed by atoms with E-state index in [1.54, 1.807) is 38.4 Å². The van der Waals surface area contributed by atoms with E-state index < -0.39 is 0 Å². The largest absolute Gasteiger partial charge is 0.345 e. The van der Waals surface area contributed by atoms with Gasteiger partial charge in [0, 0.05) is 39.5 Å². The minimum atomic E-state index is -0.150. The minimum Gasteiger partial charge on any atom is -0.345 e. The summed E-state index contributed by atoms with van der Waals surface area (Å²) in [6.07, 6.45) is 1.49. The molecule has 140 valence electrons. The highest BCUT2D eigenvalue weighted by Crippen LogP contribution is 2.08. The van der Waals surface area contributed by atoms with Crippen molar-refractivity contribution >= 4 is 24.0 Å². The first-order chi connectivity index (χ1) is 11.9. The third kappa shape index (κ3) is 8.24. The molecule has 0 unspecified atom stereocenters. The van der Waals surface area contributed by atoms with Gasteiger partial charge in [-0.25, -0.2) is 0 Å². The van der Waals surface area contributed by atoms with Crippen molar-refractivity contribution in [3.8, 4) is 0 Å². The summed E-state index contributed by atoms with van der Waals surface area (Å²) in [5.74, 6) is -0.271. The Morgan fingerprint density at radius 3 is 1.76 bits per heavy atom. The molecule has 6 heteroatoms. The van der Waals surface area contributed by atoms with Crippen LogP contribution < -0.4 is 0 Å². The standard InChI is InChI=1S/C10H11NO2.C5H7NO2.2C2H6/c1-11(2)10(13)9-6-4-3-5-8(9)7-12;1-6-4(7)2-3-5(6)8;2*1-2/h3-7H,1-2H3;2-3H2,1H3;2*1-2H3. The molecule has 1 aromatic carbocycles. The molecule has 0 aliphatic carbocycles. The van der Waals surface area contributed by atoms with Crippen LogP contribution in [0.25, 0.3) is 0 Å². The SMILES string of the molecule is CC.CC.CN(C)C(=O)c1ccccc1C=O.CN1C(=O)CCC1=O. The molecule has 3 amide bonds. The van der Waals surface area contributed by atoms with Crippen LogP contribution in [0, 0.1) is 0 Å². The van der Waals surface area contributed by atoms with Crippen LogP contribution in [0.5, 0.6) is 0 Å². The lowest BCUT2D eigenvalue weighted by molar-refractivity contribution is -0.136. The van der Waals surface area contributed by atoms with Crippen molar-refractivity contribution < 1.29 is 19.2 Å². The van der Waals surface area contributed by atoms with Gasteiger partial charge in [-0.3, -0.25) is 24.1 Å². The Hall–Kier alpha value is -2.50. The molecule has 0 saturated carbocycles. The van der Waals surface area contributed by atoms with E-state index in [1.165, 1.54) is 16.8 Å². The van der Waals surface area contributed by atoms with E-state index in [2.05, 4.69) is 0 Å². The molecule has 1 heterocycles. The second kappa shape index (κ2) is 13.9. The first-order valence-electron chi connectivity index (χ1n) is 8.43. The molecule has 0 radical (unpaired) electrons. The molecule has 1 fully saturated rings. The highest BCUT2D eigenvalue weighted by molar-refractivity contribution is 6.01. The highest BCUT2D eigenvalue weighted by atomic mass is 16.2. The van der Waals surface area contributed by atoms with Crippen LogP contribution in [-0.4, -0.2) is 55.0 Å². The van der Waals surface area contributed by atoms with Crippen molar-refractivity contribution in [3.63, 3.8) is 0 Å². The summed E-state index contributed by atoms with van der Waals surface area (Å²) in [6.45, 7) is 8.00. The van der Waals surface area contributed by atoms with Gasteiger partial charge >= 0.3 is 0 Å². The number of hydrogen-bond acceptors (Lipinski definition) is 4. The first kappa shape index (κ1) is 24.7. The number of likely N-dealkylation sites (tertiary alicyclic amines) is 1. The number of benzene rings is 1. The maximum atomic E-state index is 11.5. The van der Waals surface area contributed by atoms with E-state index in [9.17, 15) is 19.2 Å². The van der Waals surface area contributed by atoms with E-state index in [-0.39, 0.29) is 17.7 Å². The van der Waals surface area contributed by atoms with Crippen LogP contribution in [0.1, 0.15) is 61.3 Å². The number of aldehydes is 1. The van der Waals surface area contributed by atoms with Crippen LogP contribution in [0.4, 0.5) is 0 Å². The molecule has 0 bridgehead atoms. The minimum absolute atomic E-state index is 0.0602. The zero-order valence-corrected chi connectivity index (χ0v) is 16.3. The Balaban J connectivity index is 0. The predicted octanol–water partition coefficient (Wildman–Crippen LogP) is 3.02. The molecule has 0 spiro atoms.